The number of urea groups is 1. The Morgan fingerprint density at radius 2 is 2.22 bits per heavy atom. The van der Waals surface area contributed by atoms with E-state index in [1.807, 2.05) is 19.1 Å². The molecule has 7 heteroatoms. The molecule has 0 aliphatic heterocycles. The van der Waals surface area contributed by atoms with Gasteiger partial charge < -0.3 is 21.1 Å². The summed E-state index contributed by atoms with van der Waals surface area (Å²) in [6, 6.07) is 5.30. The second-order valence-electron chi connectivity index (χ2n) is 5.19. The summed E-state index contributed by atoms with van der Waals surface area (Å²) in [5.74, 6) is 0.711. The zero-order valence-corrected chi connectivity index (χ0v) is 14.2. The number of nitrogen functional groups attached to an aromatic ring is 1. The van der Waals surface area contributed by atoms with Crippen LogP contribution in [0.1, 0.15) is 31.7 Å². The standard InChI is InChI=1S/C16H22N4O2S/c1-3-4-5-8-18-16(21)20-12-6-7-13(11(2)9-12)22-14-10-19-15(17)23-14/h6-7,9-10H,3-5,8H2,1-2H3,(H2,17,19)(H2,18,20,21). The number of ether oxygens (including phenoxy) is 1. The summed E-state index contributed by atoms with van der Waals surface area (Å²) in [5.41, 5.74) is 7.23. The molecule has 2 rings (SSSR count). The van der Waals surface area contributed by atoms with E-state index in [4.69, 9.17) is 10.5 Å². The Morgan fingerprint density at radius 1 is 1.39 bits per heavy atom. The summed E-state index contributed by atoms with van der Waals surface area (Å²) in [6.45, 7) is 4.74. The Labute approximate surface area is 140 Å². The molecule has 0 unspecified atom stereocenters. The van der Waals surface area contributed by atoms with Crippen LogP contribution in [0, 0.1) is 6.92 Å². The van der Waals surface area contributed by atoms with Crippen molar-refractivity contribution in [1.82, 2.24) is 10.3 Å². The maximum Gasteiger partial charge on any atom is 0.319 e. The highest BCUT2D eigenvalue weighted by atomic mass is 32.1. The zero-order chi connectivity index (χ0) is 16.7. The molecule has 0 aliphatic rings. The van der Waals surface area contributed by atoms with E-state index in [-0.39, 0.29) is 6.03 Å². The maximum absolute atomic E-state index is 11.8. The predicted molar refractivity (Wildman–Crippen MR) is 94.3 cm³/mol. The maximum atomic E-state index is 11.8. The van der Waals surface area contributed by atoms with E-state index < -0.39 is 0 Å². The molecule has 1 aromatic heterocycles. The number of nitrogens with zero attached hydrogens (tertiary/aromatic N) is 1. The first kappa shape index (κ1) is 17.1. The van der Waals surface area contributed by atoms with Crippen molar-refractivity contribution >= 4 is 28.2 Å². The molecule has 0 radical (unpaired) electrons. The van der Waals surface area contributed by atoms with E-state index in [1.54, 1.807) is 12.3 Å². The molecule has 1 aromatic carbocycles. The van der Waals surface area contributed by atoms with Crippen LogP contribution in [0.5, 0.6) is 10.8 Å². The lowest BCUT2D eigenvalue weighted by molar-refractivity contribution is 0.252. The van der Waals surface area contributed by atoms with Gasteiger partial charge >= 0.3 is 6.03 Å². The van der Waals surface area contributed by atoms with E-state index in [0.29, 0.717) is 22.5 Å². The molecule has 23 heavy (non-hydrogen) atoms. The smallest absolute Gasteiger partial charge is 0.319 e. The van der Waals surface area contributed by atoms with Crippen LogP contribution in [-0.4, -0.2) is 17.6 Å². The molecule has 0 aliphatic carbocycles. The number of aryl methyl sites for hydroxylation is 1. The molecule has 2 aromatic rings. The molecule has 1 heterocycles. The van der Waals surface area contributed by atoms with Crippen LogP contribution < -0.4 is 21.1 Å². The third kappa shape index (κ3) is 5.45. The van der Waals surface area contributed by atoms with E-state index in [9.17, 15) is 4.79 Å². The van der Waals surface area contributed by atoms with Gasteiger partial charge in [-0.05, 0) is 37.1 Å². The summed E-state index contributed by atoms with van der Waals surface area (Å²) in [6.07, 6.45) is 4.84. The highest BCUT2D eigenvalue weighted by Crippen LogP contribution is 2.31. The summed E-state index contributed by atoms with van der Waals surface area (Å²) in [7, 11) is 0. The summed E-state index contributed by atoms with van der Waals surface area (Å²) in [4.78, 5) is 15.7. The Balaban J connectivity index is 1.89. The molecular weight excluding hydrogens is 312 g/mol. The number of hydrogen-bond acceptors (Lipinski definition) is 5. The molecule has 0 fully saturated rings. The quantitative estimate of drug-likeness (QED) is 0.664. The molecule has 0 spiro atoms. The van der Waals surface area contributed by atoms with Gasteiger partial charge in [-0.25, -0.2) is 9.78 Å². The Morgan fingerprint density at radius 3 is 2.87 bits per heavy atom. The van der Waals surface area contributed by atoms with Crippen molar-refractivity contribution in [2.45, 2.75) is 33.1 Å². The lowest BCUT2D eigenvalue weighted by atomic mass is 10.2. The number of nitrogens with one attached hydrogen (secondary N) is 2. The van der Waals surface area contributed by atoms with Gasteiger partial charge in [0.05, 0.1) is 6.20 Å². The molecule has 0 bridgehead atoms. The SMILES string of the molecule is CCCCCNC(=O)Nc1ccc(Oc2cnc(N)s2)c(C)c1. The predicted octanol–water partition coefficient (Wildman–Crippen LogP) is 4.14. The van der Waals surface area contributed by atoms with Crippen molar-refractivity contribution in [2.24, 2.45) is 0 Å². The third-order valence-corrected chi connectivity index (χ3v) is 3.92. The number of aromatic nitrogens is 1. The Kier molecular flexibility index (Phi) is 6.22. The molecule has 124 valence electrons. The number of thiazole rings is 1. The van der Waals surface area contributed by atoms with E-state index in [2.05, 4.69) is 22.5 Å². The van der Waals surface area contributed by atoms with Crippen molar-refractivity contribution in [1.29, 1.82) is 0 Å². The normalized spacial score (nSPS) is 10.3. The Bertz CT molecular complexity index is 657. The van der Waals surface area contributed by atoms with Gasteiger partial charge in [0.15, 0.2) is 5.13 Å². The number of nitrogens with two attached hydrogens (primary N) is 1. The summed E-state index contributed by atoms with van der Waals surface area (Å²) < 4.78 is 5.73. The third-order valence-electron chi connectivity index (χ3n) is 3.21. The lowest BCUT2D eigenvalue weighted by Crippen LogP contribution is -2.29. The van der Waals surface area contributed by atoms with Crippen LogP contribution in [0.2, 0.25) is 0 Å². The minimum Gasteiger partial charge on any atom is -0.445 e. The van der Waals surface area contributed by atoms with Gasteiger partial charge in [-0.15, -0.1) is 0 Å². The fourth-order valence-electron chi connectivity index (χ4n) is 2.02. The zero-order valence-electron chi connectivity index (χ0n) is 13.4. The fourth-order valence-corrected chi connectivity index (χ4v) is 2.57. The van der Waals surface area contributed by atoms with E-state index >= 15 is 0 Å². The second-order valence-corrected chi connectivity index (χ2v) is 6.21. The van der Waals surface area contributed by atoms with Crippen molar-refractivity contribution < 1.29 is 9.53 Å². The minimum atomic E-state index is -0.190. The molecular formula is C16H22N4O2S. The topological polar surface area (TPSA) is 89.3 Å². The molecule has 0 saturated carbocycles. The van der Waals surface area contributed by atoms with Gasteiger partial charge in [-0.3, -0.25) is 0 Å². The van der Waals surface area contributed by atoms with Gasteiger partial charge in [0.2, 0.25) is 5.06 Å². The summed E-state index contributed by atoms with van der Waals surface area (Å²) in [5, 5.41) is 6.77. The van der Waals surface area contributed by atoms with Crippen molar-refractivity contribution in [3.63, 3.8) is 0 Å². The van der Waals surface area contributed by atoms with Crippen molar-refractivity contribution in [3.8, 4) is 10.8 Å². The highest BCUT2D eigenvalue weighted by molar-refractivity contribution is 7.17. The van der Waals surface area contributed by atoms with Gasteiger partial charge in [0, 0.05) is 12.2 Å². The average Bonchev–Trinajstić information content (AvgIpc) is 2.92. The van der Waals surface area contributed by atoms with Crippen LogP contribution in [0.3, 0.4) is 0 Å². The first-order valence-corrected chi connectivity index (χ1v) is 8.44. The van der Waals surface area contributed by atoms with Crippen molar-refractivity contribution in [3.05, 3.63) is 30.0 Å². The molecule has 4 N–H and O–H groups in total. The minimum absolute atomic E-state index is 0.190. The molecule has 2 amide bonds. The Hall–Kier alpha value is -2.28. The number of anilines is 2. The molecule has 6 nitrogen and oxygen atoms in total. The number of rotatable bonds is 7. The van der Waals surface area contributed by atoms with Crippen LogP contribution >= 0.6 is 11.3 Å². The first-order valence-electron chi connectivity index (χ1n) is 7.63. The number of unbranched alkanes of at least 4 members (excludes halogenated alkanes) is 2. The monoisotopic (exact) mass is 334 g/mol. The molecule has 0 atom stereocenters. The fraction of sp³-hybridized carbons (Fsp3) is 0.375. The van der Waals surface area contributed by atoms with Crippen LogP contribution in [0.4, 0.5) is 15.6 Å². The highest BCUT2D eigenvalue weighted by Gasteiger charge is 2.07. The average molecular weight is 334 g/mol. The molecule has 0 saturated heterocycles. The van der Waals surface area contributed by atoms with Gasteiger partial charge in [-0.2, -0.15) is 0 Å². The van der Waals surface area contributed by atoms with E-state index in [1.165, 1.54) is 11.3 Å². The van der Waals surface area contributed by atoms with Gasteiger partial charge in [0.1, 0.15) is 5.75 Å². The number of carbonyl (C=O) groups is 1. The van der Waals surface area contributed by atoms with Crippen LogP contribution in [-0.2, 0) is 0 Å². The van der Waals surface area contributed by atoms with Crippen LogP contribution in [0.25, 0.3) is 0 Å². The van der Waals surface area contributed by atoms with Crippen molar-refractivity contribution in [2.75, 3.05) is 17.6 Å². The number of hydrogen-bond donors (Lipinski definition) is 3. The summed E-state index contributed by atoms with van der Waals surface area (Å²) >= 11 is 1.28. The largest absolute Gasteiger partial charge is 0.445 e. The number of amides is 2. The number of carbonyl (C=O) groups excluding carboxylic acids is 1. The number of benzene rings is 1. The first-order chi connectivity index (χ1) is 11.1. The van der Waals surface area contributed by atoms with E-state index in [0.717, 1.165) is 30.5 Å². The second kappa shape index (κ2) is 8.38. The van der Waals surface area contributed by atoms with Gasteiger partial charge in [-0.1, -0.05) is 31.1 Å². The van der Waals surface area contributed by atoms with Crippen LogP contribution in [0.15, 0.2) is 24.4 Å². The lowest BCUT2D eigenvalue weighted by Gasteiger charge is -2.10. The van der Waals surface area contributed by atoms with Gasteiger partial charge in [0.25, 0.3) is 0 Å².